The maximum Gasteiger partial charge on any atom is 0.243 e. The fraction of sp³-hybridized carbons (Fsp3) is 0.469. The average Bonchev–Trinajstić information content (AvgIpc) is 3.05. The molecule has 0 radical (unpaired) electrons. The van der Waals surface area contributed by atoms with E-state index in [4.69, 9.17) is 16.9 Å². The molecule has 0 heterocycles. The minimum absolute atomic E-state index is 0.0734. The van der Waals surface area contributed by atoms with Crippen LogP contribution < -0.4 is 42.9 Å². The topological polar surface area (TPSA) is 237 Å². The van der Waals surface area contributed by atoms with Crippen LogP contribution >= 0.6 is 18.8 Å². The van der Waals surface area contributed by atoms with Gasteiger partial charge in [-0.3, -0.25) is 24.6 Å². The first-order valence-electron chi connectivity index (χ1n) is 15.9. The SMILES string of the molecule is Cc1cc(O)cc(C)c1C[C@H](NC(=O)[C@H](N)CCCNC(=N)NP)C(=O)N[C@@H](CCCCNP)C(=O)N[C@@H](Cc1ccccc1)C(N)=O. The van der Waals surface area contributed by atoms with Crippen molar-refractivity contribution in [1.82, 2.24) is 31.4 Å². The number of nitrogens with two attached hydrogens (primary N) is 2. The van der Waals surface area contributed by atoms with E-state index < -0.39 is 47.8 Å². The molecule has 264 valence electrons. The molecule has 0 bridgehead atoms. The summed E-state index contributed by atoms with van der Waals surface area (Å²) in [5, 5.41) is 34.3. The lowest BCUT2D eigenvalue weighted by Crippen LogP contribution is -2.58. The third kappa shape index (κ3) is 14.1. The van der Waals surface area contributed by atoms with Crippen LogP contribution in [0.3, 0.4) is 0 Å². The number of aryl methyl sites for hydroxylation is 2. The molecule has 12 N–H and O–H groups in total. The van der Waals surface area contributed by atoms with Crippen LogP contribution in [0, 0.1) is 19.3 Å². The summed E-state index contributed by atoms with van der Waals surface area (Å²) >= 11 is 0. The van der Waals surface area contributed by atoms with E-state index in [1.54, 1.807) is 26.0 Å². The number of hydrogen-bond acceptors (Lipinski definition) is 8. The Morgan fingerprint density at radius 2 is 1.42 bits per heavy atom. The van der Waals surface area contributed by atoms with Gasteiger partial charge in [0.25, 0.3) is 0 Å². The quantitative estimate of drug-likeness (QED) is 0.0395. The van der Waals surface area contributed by atoms with Gasteiger partial charge in [-0.2, -0.15) is 0 Å². The van der Waals surface area contributed by atoms with E-state index in [1.165, 1.54) is 0 Å². The minimum atomic E-state index is -1.11. The molecule has 2 aromatic carbocycles. The molecule has 0 aliphatic carbocycles. The molecular formula is C32H51N9O5P2. The molecule has 0 aromatic heterocycles. The number of nitrogens with one attached hydrogen (secondary N) is 7. The Morgan fingerprint density at radius 1 is 0.812 bits per heavy atom. The van der Waals surface area contributed by atoms with E-state index in [9.17, 15) is 24.3 Å². The summed E-state index contributed by atoms with van der Waals surface area (Å²) < 4.78 is 0. The monoisotopic (exact) mass is 703 g/mol. The number of phenolic OH excluding ortho intramolecular Hbond substituents is 1. The van der Waals surface area contributed by atoms with Crippen molar-refractivity contribution in [2.75, 3.05) is 13.1 Å². The summed E-state index contributed by atoms with van der Waals surface area (Å²) in [5.74, 6) is -2.24. The van der Waals surface area contributed by atoms with Gasteiger partial charge in [-0.05, 0) is 96.3 Å². The first kappa shape index (κ1) is 40.3. The Bertz CT molecular complexity index is 1360. The number of amides is 4. The lowest BCUT2D eigenvalue weighted by molar-refractivity contribution is -0.133. The number of carbonyl (C=O) groups is 4. The second-order valence-corrected chi connectivity index (χ2v) is 12.4. The molecule has 2 aromatic rings. The van der Waals surface area contributed by atoms with Gasteiger partial charge < -0.3 is 48.0 Å². The zero-order valence-electron chi connectivity index (χ0n) is 27.6. The van der Waals surface area contributed by atoms with E-state index in [2.05, 4.69) is 50.2 Å². The number of phenols is 1. The second kappa shape index (κ2) is 21.2. The summed E-state index contributed by atoms with van der Waals surface area (Å²) in [5.41, 5.74) is 14.8. The largest absolute Gasteiger partial charge is 0.508 e. The number of rotatable bonds is 20. The van der Waals surface area contributed by atoms with E-state index >= 15 is 0 Å². The van der Waals surface area contributed by atoms with Crippen LogP contribution in [0.5, 0.6) is 5.75 Å². The molecular weight excluding hydrogens is 652 g/mol. The van der Waals surface area contributed by atoms with Crippen LogP contribution in [0.15, 0.2) is 42.5 Å². The normalized spacial score (nSPS) is 13.4. The third-order valence-electron chi connectivity index (χ3n) is 7.84. The van der Waals surface area contributed by atoms with E-state index in [-0.39, 0.29) is 31.0 Å². The number of hydrogen-bond donors (Lipinski definition) is 10. The maximum atomic E-state index is 13.9. The third-order valence-corrected chi connectivity index (χ3v) is 8.41. The van der Waals surface area contributed by atoms with Crippen molar-refractivity contribution in [3.05, 3.63) is 64.7 Å². The smallest absolute Gasteiger partial charge is 0.243 e. The fourth-order valence-corrected chi connectivity index (χ4v) is 5.47. The number of aromatic hydroxyl groups is 1. The molecule has 0 spiro atoms. The number of guanidine groups is 1. The van der Waals surface area contributed by atoms with Gasteiger partial charge in [0.1, 0.15) is 23.9 Å². The van der Waals surface area contributed by atoms with Crippen molar-refractivity contribution in [3.63, 3.8) is 0 Å². The van der Waals surface area contributed by atoms with Crippen LogP contribution in [0.1, 0.15) is 54.4 Å². The second-order valence-electron chi connectivity index (χ2n) is 11.7. The van der Waals surface area contributed by atoms with Gasteiger partial charge in [0.15, 0.2) is 5.96 Å². The van der Waals surface area contributed by atoms with Crippen LogP contribution in [0.4, 0.5) is 0 Å². The molecule has 0 fully saturated rings. The van der Waals surface area contributed by atoms with Gasteiger partial charge in [-0.15, -0.1) is 0 Å². The van der Waals surface area contributed by atoms with Crippen LogP contribution in [0.2, 0.25) is 0 Å². The Morgan fingerprint density at radius 3 is 2.02 bits per heavy atom. The summed E-state index contributed by atoms with van der Waals surface area (Å²) in [7, 11) is 4.63. The lowest BCUT2D eigenvalue weighted by atomic mass is 9.95. The van der Waals surface area contributed by atoms with Gasteiger partial charge >= 0.3 is 0 Å². The van der Waals surface area contributed by atoms with Gasteiger partial charge in [0.05, 0.1) is 6.04 Å². The average molecular weight is 704 g/mol. The highest BCUT2D eigenvalue weighted by Gasteiger charge is 2.30. The molecule has 6 atom stereocenters. The molecule has 0 aliphatic rings. The number of unbranched alkanes of at least 4 members (excludes halogenated alkanes) is 1. The standard InChI is InChI=1S/C32H51N9O5P2/c1-19-15-22(42)16-20(2)23(19)18-27(40-29(44)24(33)11-8-13-36-32(35)41-48)31(46)38-25(12-6-7-14-37-47)30(45)39-26(28(34)43)17-21-9-4-3-5-10-21/h3-5,9-10,15-16,24-27,37,42H,6-8,11-14,17-18,33,47-48H2,1-2H3,(H2,34,43)(H,38,46)(H,39,45)(H,40,44)(H3,35,36,41)/t24-,25+,26+,27+/m1/s1. The van der Waals surface area contributed by atoms with Gasteiger partial charge in [-0.25, -0.2) is 0 Å². The van der Waals surface area contributed by atoms with Crippen molar-refractivity contribution in [2.24, 2.45) is 11.5 Å². The number of primary amides is 1. The van der Waals surface area contributed by atoms with Crippen LogP contribution in [-0.2, 0) is 32.0 Å². The highest BCUT2D eigenvalue weighted by Crippen LogP contribution is 2.22. The summed E-state index contributed by atoms with van der Waals surface area (Å²) in [4.78, 5) is 53.1. The molecule has 48 heavy (non-hydrogen) atoms. The fourth-order valence-electron chi connectivity index (χ4n) is 5.16. The van der Waals surface area contributed by atoms with E-state index in [0.717, 1.165) is 28.7 Å². The predicted molar refractivity (Wildman–Crippen MR) is 194 cm³/mol. The van der Waals surface area contributed by atoms with Crippen molar-refractivity contribution in [2.45, 2.75) is 83.0 Å². The van der Waals surface area contributed by atoms with Gasteiger partial charge in [-0.1, -0.05) is 39.7 Å². The molecule has 0 saturated carbocycles. The molecule has 0 aliphatic heterocycles. The van der Waals surface area contributed by atoms with Crippen molar-refractivity contribution < 1.29 is 24.3 Å². The van der Waals surface area contributed by atoms with Gasteiger partial charge in [0, 0.05) is 19.4 Å². The van der Waals surface area contributed by atoms with Gasteiger partial charge in [0.2, 0.25) is 23.6 Å². The summed E-state index contributed by atoms with van der Waals surface area (Å²) in [6, 6.07) is 8.21. The summed E-state index contributed by atoms with van der Waals surface area (Å²) in [6.07, 6.45) is 2.60. The molecule has 0 saturated heterocycles. The summed E-state index contributed by atoms with van der Waals surface area (Å²) in [6.45, 7) is 4.68. The predicted octanol–water partition coefficient (Wildman–Crippen LogP) is 0.296. The van der Waals surface area contributed by atoms with Crippen molar-refractivity contribution in [3.8, 4) is 5.75 Å². The Kier molecular flexibility index (Phi) is 17.8. The molecule has 2 rings (SSSR count). The molecule has 2 unspecified atom stereocenters. The van der Waals surface area contributed by atoms with E-state index in [0.29, 0.717) is 32.4 Å². The zero-order valence-corrected chi connectivity index (χ0v) is 29.9. The first-order valence-corrected chi connectivity index (χ1v) is 17.0. The van der Waals surface area contributed by atoms with E-state index in [1.807, 2.05) is 30.3 Å². The van der Waals surface area contributed by atoms with Crippen LogP contribution in [-0.4, -0.2) is 72.0 Å². The highest BCUT2D eigenvalue weighted by molar-refractivity contribution is 7.15. The number of benzene rings is 2. The number of carbonyl (C=O) groups excluding carboxylic acids is 4. The first-order chi connectivity index (χ1) is 22.9. The van der Waals surface area contributed by atoms with Crippen LogP contribution in [0.25, 0.3) is 0 Å². The minimum Gasteiger partial charge on any atom is -0.508 e. The molecule has 14 nitrogen and oxygen atoms in total. The highest BCUT2D eigenvalue weighted by atomic mass is 31.0. The van der Waals surface area contributed by atoms with Crippen molar-refractivity contribution >= 4 is 48.4 Å². The lowest BCUT2D eigenvalue weighted by Gasteiger charge is -2.26. The Hall–Kier alpha value is -3.83. The maximum absolute atomic E-state index is 13.9. The molecule has 4 amide bonds. The van der Waals surface area contributed by atoms with Crippen molar-refractivity contribution in [1.29, 1.82) is 5.41 Å². The Balaban J connectivity index is 2.29. The Labute approximate surface area is 287 Å². The molecule has 16 heteroatoms. The zero-order chi connectivity index (χ0) is 35.6.